The SMILES string of the molecule is COc1ccc(NC(=O)C(C)(C)N(Cc2ccccc2C)C(=O)CSc2nc(C)cc(C)n2)c(OC)c1. The number of hydrogen-bond acceptors (Lipinski definition) is 7. The van der Waals surface area contributed by atoms with Gasteiger partial charge in [-0.1, -0.05) is 36.0 Å². The molecule has 3 aromatic rings. The Hall–Kier alpha value is -3.59. The highest BCUT2D eigenvalue weighted by Crippen LogP contribution is 2.31. The van der Waals surface area contributed by atoms with E-state index in [2.05, 4.69) is 15.3 Å². The van der Waals surface area contributed by atoms with E-state index < -0.39 is 5.54 Å². The van der Waals surface area contributed by atoms with Crippen LogP contribution in [0.25, 0.3) is 0 Å². The molecule has 1 aromatic heterocycles. The summed E-state index contributed by atoms with van der Waals surface area (Å²) in [5.41, 5.74) is 2.99. The fraction of sp³-hybridized carbons (Fsp3) is 0.357. The van der Waals surface area contributed by atoms with Gasteiger partial charge in [0.1, 0.15) is 17.0 Å². The highest BCUT2D eigenvalue weighted by molar-refractivity contribution is 7.99. The molecule has 0 spiro atoms. The van der Waals surface area contributed by atoms with Crippen molar-refractivity contribution in [1.82, 2.24) is 14.9 Å². The third kappa shape index (κ3) is 7.01. The van der Waals surface area contributed by atoms with Crippen LogP contribution in [0, 0.1) is 20.8 Å². The number of aromatic nitrogens is 2. The van der Waals surface area contributed by atoms with E-state index in [4.69, 9.17) is 9.47 Å². The van der Waals surface area contributed by atoms with Crippen molar-refractivity contribution < 1.29 is 19.1 Å². The van der Waals surface area contributed by atoms with E-state index in [1.165, 1.54) is 18.9 Å². The maximum absolute atomic E-state index is 13.6. The molecule has 3 rings (SSSR count). The van der Waals surface area contributed by atoms with Crippen LogP contribution in [0.15, 0.2) is 53.7 Å². The summed E-state index contributed by atoms with van der Waals surface area (Å²) in [6.45, 7) is 9.54. The Morgan fingerprint density at radius 1 is 0.973 bits per heavy atom. The number of carbonyl (C=O) groups is 2. The number of carbonyl (C=O) groups excluding carboxylic acids is 2. The van der Waals surface area contributed by atoms with Crippen molar-refractivity contribution in [3.8, 4) is 11.5 Å². The number of amides is 2. The summed E-state index contributed by atoms with van der Waals surface area (Å²) in [6.07, 6.45) is 0. The number of thioether (sulfide) groups is 1. The molecule has 0 atom stereocenters. The zero-order valence-electron chi connectivity index (χ0n) is 22.4. The average molecular weight is 523 g/mol. The summed E-state index contributed by atoms with van der Waals surface area (Å²) in [5.74, 6) is 0.624. The molecule has 1 N–H and O–H groups in total. The first-order valence-electron chi connectivity index (χ1n) is 11.9. The summed E-state index contributed by atoms with van der Waals surface area (Å²) in [7, 11) is 3.09. The maximum atomic E-state index is 13.6. The second-order valence-corrected chi connectivity index (χ2v) is 10.2. The van der Waals surface area contributed by atoms with Crippen LogP contribution in [0.2, 0.25) is 0 Å². The predicted octanol–water partition coefficient (Wildman–Crippen LogP) is 4.96. The predicted molar refractivity (Wildman–Crippen MR) is 146 cm³/mol. The zero-order valence-corrected chi connectivity index (χ0v) is 23.2. The van der Waals surface area contributed by atoms with Gasteiger partial charge in [0.05, 0.1) is 25.7 Å². The number of rotatable bonds is 10. The summed E-state index contributed by atoms with van der Waals surface area (Å²) in [6, 6.07) is 14.9. The Labute approximate surface area is 222 Å². The molecule has 0 radical (unpaired) electrons. The molecule has 1 heterocycles. The van der Waals surface area contributed by atoms with Gasteiger partial charge >= 0.3 is 0 Å². The number of benzene rings is 2. The standard InChI is InChI=1S/C28H34N4O4S/c1-18-10-8-9-11-21(18)16-32(25(33)17-37-27-29-19(2)14-20(3)30-27)28(4,5)26(34)31-23-13-12-22(35-6)15-24(23)36-7/h8-15H,16-17H2,1-7H3,(H,31,34). The van der Waals surface area contributed by atoms with Crippen LogP contribution in [0.3, 0.4) is 0 Å². The van der Waals surface area contributed by atoms with E-state index in [1.807, 2.05) is 51.1 Å². The minimum absolute atomic E-state index is 0.0946. The van der Waals surface area contributed by atoms with Gasteiger partial charge in [-0.05, 0) is 63.9 Å². The first kappa shape index (κ1) is 28.0. The monoisotopic (exact) mass is 522 g/mol. The number of hydrogen-bond donors (Lipinski definition) is 1. The minimum atomic E-state index is -1.19. The van der Waals surface area contributed by atoms with Crippen molar-refractivity contribution in [2.45, 2.75) is 51.9 Å². The van der Waals surface area contributed by atoms with E-state index >= 15 is 0 Å². The van der Waals surface area contributed by atoms with Gasteiger partial charge in [-0.15, -0.1) is 0 Å². The van der Waals surface area contributed by atoms with Crippen molar-refractivity contribution in [2.75, 3.05) is 25.3 Å². The summed E-state index contributed by atoms with van der Waals surface area (Å²) in [4.78, 5) is 37.7. The quantitative estimate of drug-likeness (QED) is 0.297. The molecular formula is C28H34N4O4S. The number of aryl methyl sites for hydroxylation is 3. The molecule has 0 saturated carbocycles. The molecule has 37 heavy (non-hydrogen) atoms. The first-order valence-corrected chi connectivity index (χ1v) is 12.9. The highest BCUT2D eigenvalue weighted by Gasteiger charge is 2.38. The lowest BCUT2D eigenvalue weighted by atomic mass is 9.98. The van der Waals surface area contributed by atoms with E-state index in [1.54, 1.807) is 44.1 Å². The largest absolute Gasteiger partial charge is 0.497 e. The van der Waals surface area contributed by atoms with Gasteiger partial charge in [0.15, 0.2) is 5.16 Å². The van der Waals surface area contributed by atoms with Gasteiger partial charge < -0.3 is 19.7 Å². The van der Waals surface area contributed by atoms with Crippen molar-refractivity contribution in [3.05, 3.63) is 71.0 Å². The Morgan fingerprint density at radius 2 is 1.65 bits per heavy atom. The smallest absolute Gasteiger partial charge is 0.249 e. The molecule has 0 unspecified atom stereocenters. The molecule has 0 saturated heterocycles. The second kappa shape index (κ2) is 12.1. The molecular weight excluding hydrogens is 488 g/mol. The van der Waals surface area contributed by atoms with Crippen LogP contribution < -0.4 is 14.8 Å². The third-order valence-electron chi connectivity index (χ3n) is 6.06. The molecule has 8 nitrogen and oxygen atoms in total. The molecule has 0 bridgehead atoms. The van der Waals surface area contributed by atoms with E-state index in [-0.39, 0.29) is 24.1 Å². The summed E-state index contributed by atoms with van der Waals surface area (Å²) in [5, 5.41) is 3.47. The van der Waals surface area contributed by atoms with Crippen LogP contribution in [-0.2, 0) is 16.1 Å². The Bertz CT molecular complexity index is 1260. The Morgan fingerprint density at radius 3 is 2.27 bits per heavy atom. The first-order chi connectivity index (χ1) is 17.5. The van der Waals surface area contributed by atoms with Crippen molar-refractivity contribution in [2.24, 2.45) is 0 Å². The fourth-order valence-corrected chi connectivity index (χ4v) is 4.64. The number of anilines is 1. The lowest BCUT2D eigenvalue weighted by Gasteiger charge is -2.38. The van der Waals surface area contributed by atoms with Gasteiger partial charge in [0, 0.05) is 24.0 Å². The number of methoxy groups -OCH3 is 2. The molecule has 9 heteroatoms. The molecule has 0 aliphatic heterocycles. The van der Waals surface area contributed by atoms with Crippen molar-refractivity contribution in [1.29, 1.82) is 0 Å². The van der Waals surface area contributed by atoms with Crippen LogP contribution in [-0.4, -0.2) is 52.2 Å². The van der Waals surface area contributed by atoms with E-state index in [9.17, 15) is 9.59 Å². The highest BCUT2D eigenvalue weighted by atomic mass is 32.2. The molecule has 0 aliphatic rings. The van der Waals surface area contributed by atoms with Crippen LogP contribution in [0.1, 0.15) is 36.4 Å². The Balaban J connectivity index is 1.88. The second-order valence-electron chi connectivity index (χ2n) is 9.21. The van der Waals surface area contributed by atoms with E-state index in [0.717, 1.165) is 22.5 Å². The van der Waals surface area contributed by atoms with Crippen LogP contribution >= 0.6 is 11.8 Å². The van der Waals surface area contributed by atoms with Gasteiger partial charge in [-0.25, -0.2) is 9.97 Å². The third-order valence-corrected chi connectivity index (χ3v) is 6.90. The zero-order chi connectivity index (χ0) is 27.2. The molecule has 2 aromatic carbocycles. The molecule has 196 valence electrons. The normalized spacial score (nSPS) is 11.1. The number of ether oxygens (including phenoxy) is 2. The fourth-order valence-electron chi connectivity index (χ4n) is 3.82. The lowest BCUT2D eigenvalue weighted by molar-refractivity contribution is -0.142. The van der Waals surface area contributed by atoms with Gasteiger partial charge in [0.2, 0.25) is 11.8 Å². The Kier molecular flexibility index (Phi) is 9.15. The molecule has 0 fully saturated rings. The van der Waals surface area contributed by atoms with Crippen LogP contribution in [0.4, 0.5) is 5.69 Å². The van der Waals surface area contributed by atoms with Gasteiger partial charge in [-0.3, -0.25) is 9.59 Å². The van der Waals surface area contributed by atoms with Crippen molar-refractivity contribution >= 4 is 29.3 Å². The van der Waals surface area contributed by atoms with Gasteiger partial charge in [0.25, 0.3) is 0 Å². The average Bonchev–Trinajstić information content (AvgIpc) is 2.86. The van der Waals surface area contributed by atoms with E-state index in [0.29, 0.717) is 22.3 Å². The van der Waals surface area contributed by atoms with Crippen LogP contribution in [0.5, 0.6) is 11.5 Å². The number of nitrogens with one attached hydrogen (secondary N) is 1. The topological polar surface area (TPSA) is 93.7 Å². The van der Waals surface area contributed by atoms with Gasteiger partial charge in [-0.2, -0.15) is 0 Å². The number of nitrogens with zero attached hydrogens (tertiary/aromatic N) is 3. The molecule has 0 aliphatic carbocycles. The summed E-state index contributed by atoms with van der Waals surface area (Å²) < 4.78 is 10.7. The van der Waals surface area contributed by atoms with Crippen molar-refractivity contribution in [3.63, 3.8) is 0 Å². The lowest BCUT2D eigenvalue weighted by Crippen LogP contribution is -2.55. The maximum Gasteiger partial charge on any atom is 0.249 e. The molecule has 2 amide bonds. The summed E-state index contributed by atoms with van der Waals surface area (Å²) >= 11 is 1.26. The minimum Gasteiger partial charge on any atom is -0.497 e.